The molecule has 128 valence electrons. The summed E-state index contributed by atoms with van der Waals surface area (Å²) in [5.74, 6) is -0.831. The lowest BCUT2D eigenvalue weighted by molar-refractivity contribution is 0.0925. The lowest BCUT2D eigenvalue weighted by atomic mass is 10.1. The molecule has 1 heterocycles. The maximum Gasteiger partial charge on any atom is 0.267 e. The first-order valence-corrected chi connectivity index (χ1v) is 10.0. The van der Waals surface area contributed by atoms with Crippen molar-refractivity contribution in [3.05, 3.63) is 58.8 Å². The number of hydrogen-bond acceptors (Lipinski definition) is 4. The van der Waals surface area contributed by atoms with Crippen LogP contribution in [0.15, 0.2) is 47.3 Å². The van der Waals surface area contributed by atoms with Crippen LogP contribution in [0.1, 0.15) is 33.2 Å². The molecule has 25 heavy (non-hydrogen) atoms. The molecule has 0 atom stereocenters. The molecule has 2 aromatic rings. The van der Waals surface area contributed by atoms with Crippen LogP contribution in [0.3, 0.4) is 0 Å². The molecule has 1 aliphatic heterocycles. The molecule has 1 N–H and O–H groups in total. The molecule has 0 aliphatic carbocycles. The maximum absolute atomic E-state index is 12.9. The molecule has 5 nitrogen and oxygen atoms in total. The Balaban J connectivity index is 2.12. The van der Waals surface area contributed by atoms with E-state index in [1.54, 1.807) is 31.2 Å². The van der Waals surface area contributed by atoms with Crippen molar-refractivity contribution in [3.63, 3.8) is 0 Å². The summed E-state index contributed by atoms with van der Waals surface area (Å²) in [6.07, 6.45) is 0. The van der Waals surface area contributed by atoms with Gasteiger partial charge in [0.1, 0.15) is 0 Å². The Kier molecular flexibility index (Phi) is 5.21. The third-order valence-corrected chi connectivity index (χ3v) is 8.56. The number of rotatable bonds is 2. The minimum absolute atomic E-state index is 0.295. The second-order valence-electron chi connectivity index (χ2n) is 5.18. The zero-order valence-electron chi connectivity index (χ0n) is 12.5. The normalized spacial score (nSPS) is 14.3. The smallest absolute Gasteiger partial charge is 0.267 e. The molecule has 1 aliphatic rings. The highest BCUT2D eigenvalue weighted by Gasteiger charge is 2.41. The Morgan fingerprint density at radius 2 is 1.32 bits per heavy atom. The Bertz CT molecular complexity index is 908. The molecule has 0 fully saturated rings. The molecular weight excluding hydrogens is 588 g/mol. The molecule has 0 radical (unpaired) electrons. The van der Waals surface area contributed by atoms with Crippen molar-refractivity contribution in [1.82, 2.24) is 0 Å². The van der Waals surface area contributed by atoms with Gasteiger partial charge < -0.3 is 5.21 Å². The van der Waals surface area contributed by atoms with Gasteiger partial charge in [-0.15, -0.1) is 0 Å². The van der Waals surface area contributed by atoms with E-state index in [1.807, 2.05) is 0 Å². The van der Waals surface area contributed by atoms with Gasteiger partial charge in [0.15, 0.2) is 0 Å². The van der Waals surface area contributed by atoms with Crippen molar-refractivity contribution in [1.29, 1.82) is 0 Å². The monoisotopic (exact) mass is 592 g/mol. The number of hydrogen-bond donors (Lipinski definition) is 1. The molecule has 9 heteroatoms. The highest BCUT2D eigenvalue weighted by molar-refractivity contribution is 9.15. The van der Waals surface area contributed by atoms with Crippen LogP contribution in [0, 0.1) is 0 Å². The minimum atomic E-state index is -0.416. The van der Waals surface area contributed by atoms with E-state index in [0.717, 1.165) is 4.90 Å². The molecule has 3 rings (SSSR count). The number of carbonyl (C=O) groups is 2. The highest BCUT2D eigenvalue weighted by Crippen LogP contribution is 2.46. The van der Waals surface area contributed by atoms with Crippen LogP contribution in [-0.4, -0.2) is 22.7 Å². The Morgan fingerprint density at radius 1 is 0.880 bits per heavy atom. The van der Waals surface area contributed by atoms with E-state index in [4.69, 9.17) is 5.21 Å². The van der Waals surface area contributed by atoms with Gasteiger partial charge in [0.05, 0.1) is 22.5 Å². The van der Waals surface area contributed by atoms with Crippen molar-refractivity contribution in [2.24, 2.45) is 5.16 Å². The first kappa shape index (κ1) is 18.8. The molecule has 0 bridgehead atoms. The predicted octanol–water partition coefficient (Wildman–Crippen LogP) is 5.74. The summed E-state index contributed by atoms with van der Waals surface area (Å²) in [7, 11) is 0. The Labute approximate surface area is 176 Å². The van der Waals surface area contributed by atoms with E-state index in [-0.39, 0.29) is 0 Å². The second kappa shape index (κ2) is 6.94. The number of halogens is 4. The number of oxime groups is 1. The van der Waals surface area contributed by atoms with Gasteiger partial charge in [-0.2, -0.15) is 0 Å². The van der Waals surface area contributed by atoms with Crippen LogP contribution in [0.5, 0.6) is 0 Å². The number of amides is 2. The van der Waals surface area contributed by atoms with E-state index in [9.17, 15) is 9.59 Å². The number of benzene rings is 2. The fraction of sp³-hybridized carbons (Fsp3) is 0.0625. The van der Waals surface area contributed by atoms with Crippen molar-refractivity contribution < 1.29 is 14.8 Å². The zero-order chi connectivity index (χ0) is 18.5. The highest BCUT2D eigenvalue weighted by atomic mass is 79.9. The van der Waals surface area contributed by atoms with E-state index < -0.39 is 11.8 Å². The number of nitrogens with zero attached hydrogens (tertiary/aromatic N) is 2. The summed E-state index contributed by atoms with van der Waals surface area (Å²) in [4.78, 5) is 26.9. The van der Waals surface area contributed by atoms with E-state index in [2.05, 4.69) is 68.9 Å². The molecule has 2 aromatic carbocycles. The standard InChI is InChI=1S/C16H8Br4N2O3/c1-6(21-25)7-2-4-8(5-3-7)22-15(23)9-10(16(22)24)12(18)14(20)13(19)11(9)17/h2-5,25H,1H3/b21-6-. The Hall–Kier alpha value is -1.03. The summed E-state index contributed by atoms with van der Waals surface area (Å²) in [6.45, 7) is 1.65. The molecule has 0 saturated carbocycles. The molecule has 0 aromatic heterocycles. The van der Waals surface area contributed by atoms with Gasteiger partial charge in [0.25, 0.3) is 11.8 Å². The van der Waals surface area contributed by atoms with Gasteiger partial charge in [-0.05, 0) is 88.3 Å². The van der Waals surface area contributed by atoms with Crippen LogP contribution in [-0.2, 0) is 0 Å². The molecule has 0 unspecified atom stereocenters. The summed E-state index contributed by atoms with van der Waals surface area (Å²) in [6, 6.07) is 6.64. The van der Waals surface area contributed by atoms with Crippen molar-refractivity contribution >= 4 is 86.9 Å². The Morgan fingerprint density at radius 3 is 1.72 bits per heavy atom. The quantitative estimate of drug-likeness (QED) is 0.120. The van der Waals surface area contributed by atoms with Crippen LogP contribution in [0.2, 0.25) is 0 Å². The number of carbonyl (C=O) groups excluding carboxylic acids is 2. The topological polar surface area (TPSA) is 70.0 Å². The predicted molar refractivity (Wildman–Crippen MR) is 109 cm³/mol. The van der Waals surface area contributed by atoms with E-state index >= 15 is 0 Å². The SMILES string of the molecule is C/C(=N/O)c1ccc(N2C(=O)c3c(Br)c(Br)c(Br)c(Br)c3C2=O)cc1. The number of anilines is 1. The summed E-state index contributed by atoms with van der Waals surface area (Å²) < 4.78 is 2.31. The molecule has 0 saturated heterocycles. The third-order valence-electron chi connectivity index (χ3n) is 3.79. The number of imide groups is 1. The van der Waals surface area contributed by atoms with Crippen LogP contribution < -0.4 is 4.90 Å². The average Bonchev–Trinajstić information content (AvgIpc) is 2.88. The van der Waals surface area contributed by atoms with Crippen LogP contribution in [0.4, 0.5) is 5.69 Å². The van der Waals surface area contributed by atoms with E-state index in [1.165, 1.54) is 0 Å². The summed E-state index contributed by atoms with van der Waals surface area (Å²) in [5, 5.41) is 12.0. The lowest BCUT2D eigenvalue weighted by Gasteiger charge is -2.14. The minimum Gasteiger partial charge on any atom is -0.411 e. The summed E-state index contributed by atoms with van der Waals surface area (Å²) >= 11 is 13.6. The second-order valence-corrected chi connectivity index (χ2v) is 8.36. The zero-order valence-corrected chi connectivity index (χ0v) is 18.8. The van der Waals surface area contributed by atoms with Gasteiger partial charge in [-0.1, -0.05) is 17.3 Å². The first-order chi connectivity index (χ1) is 11.8. The maximum atomic E-state index is 12.9. The molecular formula is C16H8Br4N2O3. The van der Waals surface area contributed by atoms with Crippen LogP contribution >= 0.6 is 63.7 Å². The fourth-order valence-electron chi connectivity index (χ4n) is 2.49. The molecule has 0 spiro atoms. The third kappa shape index (κ3) is 2.90. The summed E-state index contributed by atoms with van der Waals surface area (Å²) in [5.41, 5.74) is 2.16. The van der Waals surface area contributed by atoms with Crippen molar-refractivity contribution in [2.45, 2.75) is 6.92 Å². The average molecular weight is 596 g/mol. The number of fused-ring (bicyclic) bond motifs is 1. The van der Waals surface area contributed by atoms with Crippen molar-refractivity contribution in [3.8, 4) is 0 Å². The largest absolute Gasteiger partial charge is 0.411 e. The van der Waals surface area contributed by atoms with Gasteiger partial charge in [-0.3, -0.25) is 9.59 Å². The lowest BCUT2D eigenvalue weighted by Crippen LogP contribution is -2.29. The fourth-order valence-corrected chi connectivity index (χ4v) is 4.95. The van der Waals surface area contributed by atoms with E-state index in [0.29, 0.717) is 46.0 Å². The van der Waals surface area contributed by atoms with Crippen molar-refractivity contribution in [2.75, 3.05) is 4.90 Å². The molecule has 2 amide bonds. The van der Waals surface area contributed by atoms with Crippen LogP contribution in [0.25, 0.3) is 0 Å². The van der Waals surface area contributed by atoms with Gasteiger partial charge in [-0.25, -0.2) is 4.90 Å². The van der Waals surface area contributed by atoms with Gasteiger partial charge in [0.2, 0.25) is 0 Å². The van der Waals surface area contributed by atoms with Gasteiger partial charge in [0, 0.05) is 17.9 Å². The first-order valence-electron chi connectivity index (χ1n) is 6.83. The van der Waals surface area contributed by atoms with Gasteiger partial charge >= 0.3 is 0 Å².